The van der Waals surface area contributed by atoms with Crippen LogP contribution in [-0.4, -0.2) is 56.2 Å². The number of hydrogen-bond donors (Lipinski definition) is 5. The molecule has 4 unspecified atom stereocenters. The molecule has 0 aliphatic carbocycles. The Balaban J connectivity index is 4.55. The van der Waals surface area contributed by atoms with Gasteiger partial charge in [-0.3, -0.25) is 0 Å². The summed E-state index contributed by atoms with van der Waals surface area (Å²) in [6, 6.07) is 0. The lowest BCUT2D eigenvalue weighted by Crippen LogP contribution is -2.45. The molecule has 0 bridgehead atoms. The molecule has 0 aromatic carbocycles. The first kappa shape index (κ1) is 13.8. The van der Waals surface area contributed by atoms with Gasteiger partial charge in [-0.15, -0.1) is 0 Å². The highest BCUT2D eigenvalue weighted by Gasteiger charge is 2.31. The monoisotopic (exact) mass is 218 g/mol. The summed E-state index contributed by atoms with van der Waals surface area (Å²) in [6.45, 7) is 3.24. The Morgan fingerprint density at radius 3 is 2.07 bits per heavy atom. The summed E-state index contributed by atoms with van der Waals surface area (Å²) in [5.74, 6) is -0.630. The summed E-state index contributed by atoms with van der Waals surface area (Å²) < 4.78 is 0. The van der Waals surface area contributed by atoms with E-state index in [-0.39, 0.29) is 6.29 Å². The number of carbonyl (C=O) groups excluding carboxylic acids is 1. The van der Waals surface area contributed by atoms with Gasteiger partial charge >= 0.3 is 0 Å². The Labute approximate surface area is 86.4 Å². The molecule has 0 heterocycles. The van der Waals surface area contributed by atoms with Gasteiger partial charge in [-0.25, -0.2) is 0 Å². The van der Waals surface area contributed by atoms with Crippen LogP contribution in [0.1, 0.15) is 0 Å². The summed E-state index contributed by atoms with van der Waals surface area (Å²) in [5, 5.41) is 45.5. The summed E-state index contributed by atoms with van der Waals surface area (Å²) >= 11 is 0. The predicted octanol–water partition coefficient (Wildman–Crippen LogP) is -1.74. The number of aldehydes is 1. The van der Waals surface area contributed by atoms with Crippen LogP contribution in [0.25, 0.3) is 0 Å². The van der Waals surface area contributed by atoms with Crippen molar-refractivity contribution in [3.05, 3.63) is 24.5 Å². The van der Waals surface area contributed by atoms with E-state index in [9.17, 15) is 15.0 Å². The first-order valence-electron chi connectivity index (χ1n) is 4.14. The fourth-order valence-corrected chi connectivity index (χ4v) is 0.864. The Morgan fingerprint density at radius 1 is 1.13 bits per heavy atom. The van der Waals surface area contributed by atoms with E-state index in [4.69, 9.17) is 15.3 Å². The van der Waals surface area contributed by atoms with Crippen LogP contribution in [0, 0.1) is 0 Å². The van der Waals surface area contributed by atoms with Crippen LogP contribution in [0.3, 0.4) is 0 Å². The molecule has 0 spiro atoms. The standard InChI is InChI=1S/C9H14O6/c1-2-3-5(11)7(13)9(15)8(14)6(12)4-10/h2-4,6-9,11-15H,1H2. The maximum atomic E-state index is 10.1. The van der Waals surface area contributed by atoms with Gasteiger partial charge in [0.1, 0.15) is 30.2 Å². The van der Waals surface area contributed by atoms with Gasteiger partial charge in [-0.1, -0.05) is 12.7 Å². The third-order valence-corrected chi connectivity index (χ3v) is 1.75. The number of aliphatic hydroxyl groups excluding tert-OH is 5. The minimum Gasteiger partial charge on any atom is -0.509 e. The molecule has 0 fully saturated rings. The van der Waals surface area contributed by atoms with Crippen LogP contribution in [-0.2, 0) is 4.79 Å². The number of aliphatic hydroxyl groups is 5. The Kier molecular flexibility index (Phi) is 5.80. The van der Waals surface area contributed by atoms with Crippen LogP contribution in [0.2, 0.25) is 0 Å². The maximum absolute atomic E-state index is 10.1. The SMILES string of the molecule is C=CC=C(O)C(O)C(O)C(O)C(O)C=O. The van der Waals surface area contributed by atoms with Crippen LogP contribution >= 0.6 is 0 Å². The zero-order chi connectivity index (χ0) is 12.0. The van der Waals surface area contributed by atoms with Crippen LogP contribution in [0.15, 0.2) is 24.5 Å². The molecule has 15 heavy (non-hydrogen) atoms. The molecule has 0 radical (unpaired) electrons. The Morgan fingerprint density at radius 2 is 1.67 bits per heavy atom. The summed E-state index contributed by atoms with van der Waals surface area (Å²) in [5.41, 5.74) is 0. The van der Waals surface area contributed by atoms with Crippen molar-refractivity contribution in [3.8, 4) is 0 Å². The van der Waals surface area contributed by atoms with E-state index in [1.54, 1.807) is 0 Å². The average Bonchev–Trinajstić information content (AvgIpc) is 2.25. The quantitative estimate of drug-likeness (QED) is 0.205. The molecule has 0 aromatic heterocycles. The number of rotatable bonds is 6. The van der Waals surface area contributed by atoms with Gasteiger partial charge in [-0.2, -0.15) is 0 Å². The van der Waals surface area contributed by atoms with Crippen molar-refractivity contribution in [3.63, 3.8) is 0 Å². The molecule has 6 heteroatoms. The smallest absolute Gasteiger partial charge is 0.151 e. The molecular weight excluding hydrogens is 204 g/mol. The Hall–Kier alpha value is -1.21. The van der Waals surface area contributed by atoms with Crippen molar-refractivity contribution in [2.75, 3.05) is 0 Å². The van der Waals surface area contributed by atoms with Crippen molar-refractivity contribution in [2.45, 2.75) is 24.4 Å². The fourth-order valence-electron chi connectivity index (χ4n) is 0.864. The molecule has 6 nitrogen and oxygen atoms in total. The molecule has 0 aliphatic heterocycles. The van der Waals surface area contributed by atoms with Crippen molar-refractivity contribution in [1.82, 2.24) is 0 Å². The van der Waals surface area contributed by atoms with E-state index in [2.05, 4.69) is 6.58 Å². The van der Waals surface area contributed by atoms with Crippen molar-refractivity contribution in [1.29, 1.82) is 0 Å². The van der Waals surface area contributed by atoms with Crippen LogP contribution < -0.4 is 0 Å². The van der Waals surface area contributed by atoms with Gasteiger partial charge in [0.2, 0.25) is 0 Å². The molecule has 0 aliphatic rings. The Bertz CT molecular complexity index is 249. The van der Waals surface area contributed by atoms with Gasteiger partial charge in [-0.05, 0) is 6.08 Å². The third-order valence-electron chi connectivity index (χ3n) is 1.75. The minimum absolute atomic E-state index is 0.00880. The van der Waals surface area contributed by atoms with Gasteiger partial charge in [0, 0.05) is 0 Å². The number of carbonyl (C=O) groups is 1. The molecule has 0 aromatic rings. The van der Waals surface area contributed by atoms with Crippen LogP contribution in [0.5, 0.6) is 0 Å². The van der Waals surface area contributed by atoms with E-state index >= 15 is 0 Å². The normalized spacial score (nSPS) is 20.1. The fraction of sp³-hybridized carbons (Fsp3) is 0.444. The average molecular weight is 218 g/mol. The summed E-state index contributed by atoms with van der Waals surface area (Å²) in [6.07, 6.45) is -5.20. The lowest BCUT2D eigenvalue weighted by Gasteiger charge is -2.23. The van der Waals surface area contributed by atoms with Crippen LogP contribution in [0.4, 0.5) is 0 Å². The van der Waals surface area contributed by atoms with Crippen molar-refractivity contribution < 1.29 is 30.3 Å². The van der Waals surface area contributed by atoms with Gasteiger partial charge in [0.15, 0.2) is 6.29 Å². The zero-order valence-corrected chi connectivity index (χ0v) is 7.89. The highest BCUT2D eigenvalue weighted by molar-refractivity contribution is 5.56. The second-order valence-corrected chi connectivity index (χ2v) is 2.88. The van der Waals surface area contributed by atoms with Crippen molar-refractivity contribution >= 4 is 6.29 Å². The van der Waals surface area contributed by atoms with E-state index in [1.807, 2.05) is 0 Å². The minimum atomic E-state index is -1.88. The van der Waals surface area contributed by atoms with E-state index < -0.39 is 30.2 Å². The molecule has 0 saturated carbocycles. The van der Waals surface area contributed by atoms with Crippen molar-refractivity contribution in [2.24, 2.45) is 0 Å². The maximum Gasteiger partial charge on any atom is 0.151 e. The molecule has 0 amide bonds. The molecule has 0 rings (SSSR count). The molecule has 86 valence electrons. The van der Waals surface area contributed by atoms with E-state index in [1.165, 1.54) is 0 Å². The highest BCUT2D eigenvalue weighted by Crippen LogP contribution is 2.09. The lowest BCUT2D eigenvalue weighted by atomic mass is 10.0. The second kappa shape index (κ2) is 6.31. The zero-order valence-electron chi connectivity index (χ0n) is 7.89. The first-order chi connectivity index (χ1) is 6.95. The second-order valence-electron chi connectivity index (χ2n) is 2.88. The highest BCUT2D eigenvalue weighted by atomic mass is 16.4. The van der Waals surface area contributed by atoms with Gasteiger partial charge in [0.05, 0.1) is 0 Å². The molecule has 0 saturated heterocycles. The van der Waals surface area contributed by atoms with E-state index in [0.717, 1.165) is 12.2 Å². The molecule has 4 atom stereocenters. The third kappa shape index (κ3) is 3.80. The predicted molar refractivity (Wildman–Crippen MR) is 51.0 cm³/mol. The largest absolute Gasteiger partial charge is 0.509 e. The number of hydrogen-bond acceptors (Lipinski definition) is 6. The molecular formula is C9H14O6. The summed E-state index contributed by atoms with van der Waals surface area (Å²) in [4.78, 5) is 10.1. The van der Waals surface area contributed by atoms with Gasteiger partial charge < -0.3 is 30.3 Å². The number of allylic oxidation sites excluding steroid dienone is 2. The van der Waals surface area contributed by atoms with Gasteiger partial charge in [0.25, 0.3) is 0 Å². The first-order valence-corrected chi connectivity index (χ1v) is 4.14. The molecule has 5 N–H and O–H groups in total. The summed E-state index contributed by atoms with van der Waals surface area (Å²) in [7, 11) is 0. The van der Waals surface area contributed by atoms with E-state index in [0.29, 0.717) is 0 Å². The lowest BCUT2D eigenvalue weighted by molar-refractivity contribution is -0.132. The topological polar surface area (TPSA) is 118 Å².